The van der Waals surface area contributed by atoms with E-state index in [0.29, 0.717) is 11.9 Å². The average molecular weight is 347 g/mol. The van der Waals surface area contributed by atoms with Crippen molar-refractivity contribution < 1.29 is 13.6 Å². The molecule has 3 rings (SSSR count). The topological polar surface area (TPSA) is 61.4 Å². The van der Waals surface area contributed by atoms with E-state index < -0.39 is 17.5 Å². The van der Waals surface area contributed by atoms with Crippen molar-refractivity contribution in [1.82, 2.24) is 14.9 Å². The molecule has 1 amide bonds. The van der Waals surface area contributed by atoms with Crippen molar-refractivity contribution in [2.45, 2.75) is 6.92 Å². The second-order valence-electron chi connectivity index (χ2n) is 5.76. The first-order valence-corrected chi connectivity index (χ1v) is 8.12. The van der Waals surface area contributed by atoms with Gasteiger partial charge in [-0.25, -0.2) is 18.7 Å². The molecule has 1 aliphatic heterocycles. The van der Waals surface area contributed by atoms with Crippen molar-refractivity contribution in [2.75, 3.05) is 42.9 Å². The lowest BCUT2D eigenvalue weighted by Gasteiger charge is -2.34. The predicted octanol–water partition coefficient (Wildman–Crippen LogP) is 2.15. The maximum Gasteiger partial charge on any atom is 0.275 e. The SMILES string of the molecule is CCN1CCN(c2cnc(C(=O)Nc3ccc(F)cc3F)cn2)CC1. The van der Waals surface area contributed by atoms with E-state index >= 15 is 0 Å². The number of halogens is 2. The van der Waals surface area contributed by atoms with Gasteiger partial charge in [0.25, 0.3) is 5.91 Å². The van der Waals surface area contributed by atoms with Crippen LogP contribution in [0.3, 0.4) is 0 Å². The highest BCUT2D eigenvalue weighted by atomic mass is 19.1. The lowest BCUT2D eigenvalue weighted by molar-refractivity contribution is 0.102. The van der Waals surface area contributed by atoms with Gasteiger partial charge in [0.1, 0.15) is 23.1 Å². The molecule has 2 aromatic rings. The van der Waals surface area contributed by atoms with E-state index in [0.717, 1.165) is 44.9 Å². The number of carbonyl (C=O) groups is 1. The molecule has 1 aliphatic rings. The monoisotopic (exact) mass is 347 g/mol. The molecule has 0 saturated carbocycles. The number of likely N-dealkylation sites (N-methyl/N-ethyl adjacent to an activating group) is 1. The van der Waals surface area contributed by atoms with Gasteiger partial charge in [-0.1, -0.05) is 6.92 Å². The number of carbonyl (C=O) groups excluding carboxylic acids is 1. The number of aromatic nitrogens is 2. The molecule has 6 nitrogen and oxygen atoms in total. The Hall–Kier alpha value is -2.61. The number of nitrogens with one attached hydrogen (secondary N) is 1. The molecule has 0 atom stereocenters. The number of rotatable bonds is 4. The molecular weight excluding hydrogens is 328 g/mol. The van der Waals surface area contributed by atoms with E-state index in [1.54, 1.807) is 0 Å². The minimum absolute atomic E-state index is 0.0691. The molecule has 1 fully saturated rings. The normalized spacial score (nSPS) is 15.2. The minimum Gasteiger partial charge on any atom is -0.353 e. The molecule has 1 aromatic carbocycles. The first-order chi connectivity index (χ1) is 12.1. The maximum atomic E-state index is 13.6. The third kappa shape index (κ3) is 4.08. The summed E-state index contributed by atoms with van der Waals surface area (Å²) in [5, 5.41) is 2.36. The lowest BCUT2D eigenvalue weighted by atomic mass is 10.3. The molecule has 25 heavy (non-hydrogen) atoms. The van der Waals surface area contributed by atoms with Crippen LogP contribution in [0.15, 0.2) is 30.6 Å². The van der Waals surface area contributed by atoms with Crippen molar-refractivity contribution in [3.8, 4) is 0 Å². The van der Waals surface area contributed by atoms with Gasteiger partial charge in [0.15, 0.2) is 0 Å². The van der Waals surface area contributed by atoms with E-state index in [1.165, 1.54) is 12.4 Å². The van der Waals surface area contributed by atoms with E-state index in [2.05, 4.69) is 32.0 Å². The summed E-state index contributed by atoms with van der Waals surface area (Å²) in [6, 6.07) is 2.95. The molecule has 0 radical (unpaired) electrons. The van der Waals surface area contributed by atoms with Crippen LogP contribution >= 0.6 is 0 Å². The lowest BCUT2D eigenvalue weighted by Crippen LogP contribution is -2.46. The van der Waals surface area contributed by atoms with Crippen LogP contribution in [0.1, 0.15) is 17.4 Å². The highest BCUT2D eigenvalue weighted by Crippen LogP contribution is 2.16. The van der Waals surface area contributed by atoms with Gasteiger partial charge in [0.2, 0.25) is 0 Å². The number of benzene rings is 1. The summed E-state index contributed by atoms with van der Waals surface area (Å²) < 4.78 is 26.5. The molecule has 1 N–H and O–H groups in total. The molecule has 0 aliphatic carbocycles. The Morgan fingerprint density at radius 3 is 2.52 bits per heavy atom. The number of nitrogens with zero attached hydrogens (tertiary/aromatic N) is 4. The van der Waals surface area contributed by atoms with Crippen LogP contribution in [0.25, 0.3) is 0 Å². The van der Waals surface area contributed by atoms with Gasteiger partial charge in [0.05, 0.1) is 18.1 Å². The second kappa shape index (κ2) is 7.52. The van der Waals surface area contributed by atoms with Gasteiger partial charge in [-0.3, -0.25) is 4.79 Å². The summed E-state index contributed by atoms with van der Waals surface area (Å²) in [5.74, 6) is -1.44. The van der Waals surface area contributed by atoms with Gasteiger partial charge in [-0.05, 0) is 18.7 Å². The molecule has 0 spiro atoms. The summed E-state index contributed by atoms with van der Waals surface area (Å²) in [5.41, 5.74) is -0.0346. The Bertz CT molecular complexity index is 745. The van der Waals surface area contributed by atoms with Gasteiger partial charge < -0.3 is 15.1 Å². The van der Waals surface area contributed by atoms with E-state index in [9.17, 15) is 13.6 Å². The summed E-state index contributed by atoms with van der Waals surface area (Å²) in [4.78, 5) is 25.0. The molecule has 0 unspecified atom stereocenters. The van der Waals surface area contributed by atoms with Crippen LogP contribution < -0.4 is 10.2 Å². The van der Waals surface area contributed by atoms with Crippen LogP contribution in [0.4, 0.5) is 20.3 Å². The smallest absolute Gasteiger partial charge is 0.275 e. The fraction of sp³-hybridized carbons (Fsp3) is 0.353. The molecule has 1 saturated heterocycles. The zero-order valence-corrected chi connectivity index (χ0v) is 13.9. The molecular formula is C17H19F2N5O. The first kappa shape index (κ1) is 17.2. The number of amides is 1. The van der Waals surface area contributed by atoms with Gasteiger partial charge in [-0.15, -0.1) is 0 Å². The third-order valence-electron chi connectivity index (χ3n) is 4.19. The Morgan fingerprint density at radius 2 is 1.92 bits per heavy atom. The van der Waals surface area contributed by atoms with Gasteiger partial charge in [-0.2, -0.15) is 0 Å². The average Bonchev–Trinajstić information content (AvgIpc) is 2.64. The summed E-state index contributed by atoms with van der Waals surface area (Å²) in [6.45, 7) is 6.80. The molecule has 0 bridgehead atoms. The zero-order chi connectivity index (χ0) is 17.8. The summed E-state index contributed by atoms with van der Waals surface area (Å²) >= 11 is 0. The molecule has 8 heteroatoms. The number of piperazine rings is 1. The second-order valence-corrected chi connectivity index (χ2v) is 5.76. The Labute approximate surface area is 144 Å². The van der Waals surface area contributed by atoms with Crippen molar-refractivity contribution in [3.63, 3.8) is 0 Å². The quantitative estimate of drug-likeness (QED) is 0.918. The largest absolute Gasteiger partial charge is 0.353 e. The Kier molecular flexibility index (Phi) is 5.18. The number of hydrogen-bond donors (Lipinski definition) is 1. The van der Waals surface area contributed by atoms with Gasteiger partial charge >= 0.3 is 0 Å². The molecule has 132 valence electrons. The predicted molar refractivity (Wildman–Crippen MR) is 90.7 cm³/mol. The van der Waals surface area contributed by atoms with E-state index in [4.69, 9.17) is 0 Å². The highest BCUT2D eigenvalue weighted by molar-refractivity contribution is 6.02. The van der Waals surface area contributed by atoms with Crippen LogP contribution in [-0.2, 0) is 0 Å². The Balaban J connectivity index is 1.64. The maximum absolute atomic E-state index is 13.6. The fourth-order valence-corrected chi connectivity index (χ4v) is 2.67. The zero-order valence-electron chi connectivity index (χ0n) is 13.9. The third-order valence-corrected chi connectivity index (χ3v) is 4.19. The van der Waals surface area contributed by atoms with Crippen LogP contribution in [0, 0.1) is 11.6 Å². The van der Waals surface area contributed by atoms with Gasteiger partial charge in [0, 0.05) is 32.2 Å². The summed E-state index contributed by atoms with van der Waals surface area (Å²) in [7, 11) is 0. The van der Waals surface area contributed by atoms with E-state index in [-0.39, 0.29) is 11.4 Å². The summed E-state index contributed by atoms with van der Waals surface area (Å²) in [6.07, 6.45) is 2.90. The fourth-order valence-electron chi connectivity index (χ4n) is 2.67. The molecule has 2 heterocycles. The number of anilines is 2. The van der Waals surface area contributed by atoms with Crippen molar-refractivity contribution in [3.05, 3.63) is 47.9 Å². The van der Waals surface area contributed by atoms with Crippen molar-refractivity contribution in [1.29, 1.82) is 0 Å². The first-order valence-electron chi connectivity index (χ1n) is 8.12. The van der Waals surface area contributed by atoms with Crippen LogP contribution in [-0.4, -0.2) is 53.5 Å². The highest BCUT2D eigenvalue weighted by Gasteiger charge is 2.18. The standard InChI is InChI=1S/C17H19F2N5O/c1-2-23-5-7-24(8-6-23)16-11-20-15(10-21-16)17(25)22-14-4-3-12(18)9-13(14)19/h3-4,9-11H,2,5-8H2,1H3,(H,22,25). The van der Waals surface area contributed by atoms with Crippen LogP contribution in [0.5, 0.6) is 0 Å². The molecule has 1 aromatic heterocycles. The van der Waals surface area contributed by atoms with Crippen LogP contribution in [0.2, 0.25) is 0 Å². The number of hydrogen-bond acceptors (Lipinski definition) is 5. The minimum atomic E-state index is -0.841. The van der Waals surface area contributed by atoms with Crippen molar-refractivity contribution in [2.24, 2.45) is 0 Å². The van der Waals surface area contributed by atoms with Crippen molar-refractivity contribution >= 4 is 17.4 Å². The Morgan fingerprint density at radius 1 is 1.16 bits per heavy atom. The van der Waals surface area contributed by atoms with E-state index in [1.807, 2.05) is 0 Å².